The van der Waals surface area contributed by atoms with Crippen molar-refractivity contribution in [2.75, 3.05) is 6.54 Å². The number of hydrogen-bond acceptors (Lipinski definition) is 2. The number of carboxylic acid groups (broad SMARTS) is 1. The van der Waals surface area contributed by atoms with Crippen LogP contribution in [0.3, 0.4) is 0 Å². The van der Waals surface area contributed by atoms with Crippen LogP contribution in [0.15, 0.2) is 48.5 Å². The van der Waals surface area contributed by atoms with Gasteiger partial charge in [-0.25, -0.2) is 4.39 Å². The third-order valence-corrected chi connectivity index (χ3v) is 9.29. The number of carbonyl (C=O) groups is 2. The van der Waals surface area contributed by atoms with Crippen molar-refractivity contribution >= 4 is 11.9 Å². The van der Waals surface area contributed by atoms with Gasteiger partial charge in [-0.3, -0.25) is 9.59 Å². The van der Waals surface area contributed by atoms with Crippen molar-refractivity contribution < 1.29 is 32.3 Å². The number of likely N-dealkylation sites (tertiary alicyclic amines) is 1. The number of fused-ring (bicyclic) bond motifs is 3. The molecule has 204 valence electrons. The monoisotopic (exact) mass is 531 g/mol. The van der Waals surface area contributed by atoms with Gasteiger partial charge in [-0.05, 0) is 80.5 Å². The molecule has 3 aliphatic rings. The third-order valence-electron chi connectivity index (χ3n) is 9.29. The molecule has 2 aliphatic carbocycles. The van der Waals surface area contributed by atoms with Gasteiger partial charge < -0.3 is 10.0 Å². The van der Waals surface area contributed by atoms with Gasteiger partial charge in [-0.2, -0.15) is 13.2 Å². The SMILES string of the molecule is CC(F)(c1ccc2c(c1)CC[C@H]1N(C(=O)C3CCC(C(=O)O)CC3)CC[C@@]21Cc1ccccc1)C(F)(F)F. The molecule has 38 heavy (non-hydrogen) atoms. The quantitative estimate of drug-likeness (QED) is 0.458. The number of aryl methyl sites for hydroxylation is 1. The first-order valence-corrected chi connectivity index (χ1v) is 13.4. The van der Waals surface area contributed by atoms with E-state index >= 15 is 0 Å². The summed E-state index contributed by atoms with van der Waals surface area (Å²) in [6.07, 6.45) is -0.570. The van der Waals surface area contributed by atoms with Crippen LogP contribution in [0.25, 0.3) is 0 Å². The highest BCUT2D eigenvalue weighted by Gasteiger charge is 2.56. The van der Waals surface area contributed by atoms with Crippen LogP contribution < -0.4 is 0 Å². The van der Waals surface area contributed by atoms with Crippen molar-refractivity contribution in [1.29, 1.82) is 0 Å². The summed E-state index contributed by atoms with van der Waals surface area (Å²) >= 11 is 0. The molecule has 0 bridgehead atoms. The smallest absolute Gasteiger partial charge is 0.426 e. The lowest BCUT2D eigenvalue weighted by Gasteiger charge is -2.45. The number of carbonyl (C=O) groups excluding carboxylic acids is 1. The number of amides is 1. The molecule has 1 unspecified atom stereocenters. The summed E-state index contributed by atoms with van der Waals surface area (Å²) in [5.41, 5.74) is -1.61. The zero-order valence-corrected chi connectivity index (χ0v) is 21.4. The maximum absolute atomic E-state index is 14.8. The fourth-order valence-corrected chi connectivity index (χ4v) is 7.07. The Bertz CT molecular complexity index is 1200. The Kier molecular flexibility index (Phi) is 6.81. The van der Waals surface area contributed by atoms with Crippen molar-refractivity contribution in [3.8, 4) is 0 Å². The van der Waals surface area contributed by atoms with E-state index < -0.39 is 34.7 Å². The summed E-state index contributed by atoms with van der Waals surface area (Å²) < 4.78 is 55.2. The lowest BCUT2D eigenvalue weighted by molar-refractivity contribution is -0.228. The lowest BCUT2D eigenvalue weighted by Crippen LogP contribution is -2.51. The topological polar surface area (TPSA) is 57.6 Å². The van der Waals surface area contributed by atoms with E-state index in [1.165, 1.54) is 12.1 Å². The molecule has 4 nitrogen and oxygen atoms in total. The molecule has 0 aromatic heterocycles. The van der Waals surface area contributed by atoms with Gasteiger partial charge >= 0.3 is 12.1 Å². The number of halogens is 4. The fourth-order valence-electron chi connectivity index (χ4n) is 7.07. The average molecular weight is 532 g/mol. The number of benzene rings is 2. The van der Waals surface area contributed by atoms with E-state index in [4.69, 9.17) is 0 Å². The van der Waals surface area contributed by atoms with Crippen LogP contribution in [-0.2, 0) is 33.5 Å². The first kappa shape index (κ1) is 26.7. The molecule has 1 N–H and O–H groups in total. The highest BCUT2D eigenvalue weighted by atomic mass is 19.4. The number of aliphatic carboxylic acids is 1. The van der Waals surface area contributed by atoms with E-state index in [0.29, 0.717) is 64.8 Å². The summed E-state index contributed by atoms with van der Waals surface area (Å²) in [6, 6.07) is 14.1. The molecule has 0 spiro atoms. The van der Waals surface area contributed by atoms with E-state index in [0.717, 1.165) is 16.7 Å². The van der Waals surface area contributed by atoms with Gasteiger partial charge in [0.15, 0.2) is 0 Å². The fraction of sp³-hybridized carbons (Fsp3) is 0.533. The van der Waals surface area contributed by atoms with Gasteiger partial charge in [0, 0.05) is 23.9 Å². The van der Waals surface area contributed by atoms with E-state index in [2.05, 4.69) is 0 Å². The standard InChI is InChI=1S/C30H33F4NO3/c1-28(31,30(32,33)34)23-12-13-24-22(17-23)11-14-25-29(24,18-19-5-3-2-4-6-19)15-16-35(25)26(36)20-7-9-21(10-8-20)27(37)38/h2-6,12-13,17,20-21,25H,7-11,14-16,18H2,1H3,(H,37,38)/t20?,21?,25-,28?,29-/m1/s1. The second-order valence-corrected chi connectivity index (χ2v) is 11.4. The van der Waals surface area contributed by atoms with Crippen molar-refractivity contribution in [2.24, 2.45) is 11.8 Å². The summed E-state index contributed by atoms with van der Waals surface area (Å²) in [5, 5.41) is 9.33. The maximum atomic E-state index is 14.8. The minimum atomic E-state index is -5.02. The zero-order chi connectivity index (χ0) is 27.3. The Morgan fingerprint density at radius 1 is 0.974 bits per heavy atom. The molecule has 5 rings (SSSR count). The molecule has 2 aromatic rings. The lowest BCUT2D eigenvalue weighted by atomic mass is 9.63. The predicted octanol–water partition coefficient (Wildman–Crippen LogP) is 6.35. The Labute approximate surface area is 220 Å². The second kappa shape index (κ2) is 9.69. The van der Waals surface area contributed by atoms with Gasteiger partial charge in [0.1, 0.15) is 0 Å². The van der Waals surface area contributed by atoms with E-state index in [1.54, 1.807) is 6.07 Å². The number of carboxylic acids is 1. The molecule has 3 atom stereocenters. The molecule has 1 saturated carbocycles. The van der Waals surface area contributed by atoms with Crippen molar-refractivity contribution in [3.63, 3.8) is 0 Å². The van der Waals surface area contributed by atoms with Crippen molar-refractivity contribution in [3.05, 3.63) is 70.8 Å². The number of rotatable bonds is 5. The molecule has 2 aromatic carbocycles. The maximum Gasteiger partial charge on any atom is 0.426 e. The summed E-state index contributed by atoms with van der Waals surface area (Å²) in [5.74, 6) is -1.36. The van der Waals surface area contributed by atoms with Gasteiger partial charge in [0.2, 0.25) is 11.6 Å². The molecule has 8 heteroatoms. The summed E-state index contributed by atoms with van der Waals surface area (Å²) in [7, 11) is 0. The third kappa shape index (κ3) is 4.50. The van der Waals surface area contributed by atoms with Gasteiger partial charge in [-0.1, -0.05) is 48.5 Å². The first-order valence-electron chi connectivity index (χ1n) is 13.4. The number of alkyl halides is 4. The normalized spacial score (nSPS) is 28.8. The predicted molar refractivity (Wildman–Crippen MR) is 134 cm³/mol. The second-order valence-electron chi connectivity index (χ2n) is 11.4. The summed E-state index contributed by atoms with van der Waals surface area (Å²) in [4.78, 5) is 27.1. The van der Waals surface area contributed by atoms with Gasteiger partial charge in [0.05, 0.1) is 5.92 Å². The molecule has 1 saturated heterocycles. The zero-order valence-electron chi connectivity index (χ0n) is 21.4. The Morgan fingerprint density at radius 3 is 2.26 bits per heavy atom. The molecule has 1 heterocycles. The minimum Gasteiger partial charge on any atom is -0.481 e. The highest BCUT2D eigenvalue weighted by Crippen LogP contribution is 2.51. The van der Waals surface area contributed by atoms with Crippen LogP contribution in [0.5, 0.6) is 0 Å². The largest absolute Gasteiger partial charge is 0.481 e. The number of nitrogens with zero attached hydrogens (tertiary/aromatic N) is 1. The van der Waals surface area contributed by atoms with Crippen molar-refractivity contribution in [1.82, 2.24) is 4.90 Å². The Morgan fingerprint density at radius 2 is 1.63 bits per heavy atom. The Balaban J connectivity index is 1.49. The molecule has 0 radical (unpaired) electrons. The van der Waals surface area contributed by atoms with E-state index in [9.17, 15) is 32.3 Å². The molecule has 1 amide bonds. The molecule has 1 aliphatic heterocycles. The van der Waals surface area contributed by atoms with Crippen LogP contribution in [0.1, 0.15) is 67.7 Å². The highest BCUT2D eigenvalue weighted by molar-refractivity contribution is 5.80. The molecular formula is C30H33F4NO3. The molecular weight excluding hydrogens is 498 g/mol. The van der Waals surface area contributed by atoms with Crippen LogP contribution in [-0.4, -0.2) is 40.6 Å². The average Bonchev–Trinajstić information content (AvgIpc) is 3.27. The first-order chi connectivity index (χ1) is 17.9. The molecule has 2 fully saturated rings. The minimum absolute atomic E-state index is 0.0576. The van der Waals surface area contributed by atoms with E-state index in [-0.39, 0.29) is 17.9 Å². The van der Waals surface area contributed by atoms with Crippen molar-refractivity contribution in [2.45, 2.75) is 81.6 Å². The van der Waals surface area contributed by atoms with E-state index in [1.807, 2.05) is 35.2 Å². The van der Waals surface area contributed by atoms with Crippen LogP contribution in [0, 0.1) is 11.8 Å². The number of hydrogen-bond donors (Lipinski definition) is 1. The Hall–Kier alpha value is -2.90. The van der Waals surface area contributed by atoms with Crippen LogP contribution in [0.4, 0.5) is 17.6 Å². The van der Waals surface area contributed by atoms with Gasteiger partial charge in [-0.15, -0.1) is 0 Å². The van der Waals surface area contributed by atoms with Gasteiger partial charge in [0.25, 0.3) is 0 Å². The van der Waals surface area contributed by atoms with Crippen LogP contribution >= 0.6 is 0 Å². The summed E-state index contributed by atoms with van der Waals surface area (Å²) in [6.45, 7) is 1.11. The van der Waals surface area contributed by atoms with Crippen LogP contribution in [0.2, 0.25) is 0 Å².